The Hall–Kier alpha value is -3.14. The van der Waals surface area contributed by atoms with E-state index in [1.54, 1.807) is 20.8 Å². The number of hydrogen-bond acceptors (Lipinski definition) is 8. The van der Waals surface area contributed by atoms with E-state index in [9.17, 15) is 24.3 Å². The number of nitrogens with one attached hydrogen (secondary N) is 1. The SMILES string of the molecule is CC(C)CCCCCCCCCC[C@H](CC(=O)O)OC(=O)[C@@H](NC(=O)OC(C)(C)C)[C@H](OCc1ccccc1)C(=O)OC1CCCCC1. The summed E-state index contributed by atoms with van der Waals surface area (Å²) < 4.78 is 23.0. The first-order valence-corrected chi connectivity index (χ1v) is 18.1. The Morgan fingerprint density at radius 2 is 1.42 bits per heavy atom. The average molecular weight is 676 g/mol. The van der Waals surface area contributed by atoms with Crippen molar-refractivity contribution in [3.63, 3.8) is 0 Å². The summed E-state index contributed by atoms with van der Waals surface area (Å²) in [7, 11) is 0. The van der Waals surface area contributed by atoms with Crippen molar-refractivity contribution in [3.05, 3.63) is 35.9 Å². The number of hydrogen-bond donors (Lipinski definition) is 2. The van der Waals surface area contributed by atoms with Gasteiger partial charge in [-0.25, -0.2) is 14.4 Å². The van der Waals surface area contributed by atoms with Gasteiger partial charge >= 0.3 is 24.0 Å². The summed E-state index contributed by atoms with van der Waals surface area (Å²) in [6.45, 7) is 9.48. The van der Waals surface area contributed by atoms with E-state index in [-0.39, 0.29) is 12.7 Å². The van der Waals surface area contributed by atoms with Crippen LogP contribution in [-0.2, 0) is 39.9 Å². The van der Waals surface area contributed by atoms with Gasteiger partial charge in [-0.2, -0.15) is 0 Å². The van der Waals surface area contributed by atoms with E-state index in [0.717, 1.165) is 50.0 Å². The number of rotatable bonds is 22. The van der Waals surface area contributed by atoms with Crippen molar-refractivity contribution in [2.24, 2.45) is 5.92 Å². The van der Waals surface area contributed by atoms with Crippen molar-refractivity contribution < 1.29 is 43.2 Å². The molecule has 10 heteroatoms. The molecule has 1 aliphatic rings. The monoisotopic (exact) mass is 675 g/mol. The first kappa shape index (κ1) is 41.0. The molecular weight excluding hydrogens is 614 g/mol. The smallest absolute Gasteiger partial charge is 0.408 e. The third-order valence-electron chi connectivity index (χ3n) is 8.31. The minimum absolute atomic E-state index is 0.0403. The molecule has 3 atom stereocenters. The lowest BCUT2D eigenvalue weighted by Gasteiger charge is -2.30. The third-order valence-corrected chi connectivity index (χ3v) is 8.31. The Bertz CT molecular complexity index is 1080. The molecule has 2 N–H and O–H groups in total. The van der Waals surface area contributed by atoms with Crippen molar-refractivity contribution in [2.75, 3.05) is 0 Å². The van der Waals surface area contributed by atoms with Gasteiger partial charge in [0.15, 0.2) is 12.1 Å². The third kappa shape index (κ3) is 18.4. The second-order valence-electron chi connectivity index (χ2n) is 14.5. The van der Waals surface area contributed by atoms with E-state index in [2.05, 4.69) is 19.2 Å². The predicted octanol–water partition coefficient (Wildman–Crippen LogP) is 8.28. The Kier molecular flexibility index (Phi) is 19.2. The molecule has 0 saturated heterocycles. The summed E-state index contributed by atoms with van der Waals surface area (Å²) in [5.41, 5.74) is -0.141. The van der Waals surface area contributed by atoms with Crippen molar-refractivity contribution >= 4 is 24.0 Å². The van der Waals surface area contributed by atoms with Crippen LogP contribution in [0, 0.1) is 5.92 Å². The minimum atomic E-state index is -1.63. The minimum Gasteiger partial charge on any atom is -0.481 e. The van der Waals surface area contributed by atoms with Gasteiger partial charge in [0.2, 0.25) is 0 Å². The number of carboxylic acid groups (broad SMARTS) is 1. The largest absolute Gasteiger partial charge is 0.481 e. The quantitative estimate of drug-likeness (QED) is 0.0706. The summed E-state index contributed by atoms with van der Waals surface area (Å²) in [5.74, 6) is -2.15. The molecule has 48 heavy (non-hydrogen) atoms. The number of unbranched alkanes of at least 4 members (excludes halogenated alkanes) is 7. The van der Waals surface area contributed by atoms with E-state index in [1.165, 1.54) is 32.1 Å². The zero-order valence-electron chi connectivity index (χ0n) is 30.0. The highest BCUT2D eigenvalue weighted by Crippen LogP contribution is 2.23. The number of carboxylic acids is 1. The van der Waals surface area contributed by atoms with E-state index in [1.807, 2.05) is 30.3 Å². The maximum absolute atomic E-state index is 13.8. The molecule has 1 aromatic rings. The van der Waals surface area contributed by atoms with E-state index in [4.69, 9.17) is 18.9 Å². The van der Waals surface area contributed by atoms with Crippen LogP contribution in [0.25, 0.3) is 0 Å². The number of ether oxygens (including phenoxy) is 4. The Labute approximate surface area is 288 Å². The molecule has 0 unspecified atom stereocenters. The zero-order chi connectivity index (χ0) is 35.4. The number of carbonyl (C=O) groups excluding carboxylic acids is 3. The van der Waals surface area contributed by atoms with Crippen LogP contribution in [0.5, 0.6) is 0 Å². The molecule has 0 heterocycles. The number of esters is 2. The maximum Gasteiger partial charge on any atom is 0.408 e. The lowest BCUT2D eigenvalue weighted by molar-refractivity contribution is -0.175. The molecule has 272 valence electrons. The summed E-state index contributed by atoms with van der Waals surface area (Å²) in [4.78, 5) is 52.2. The summed E-state index contributed by atoms with van der Waals surface area (Å²) in [6, 6.07) is 7.49. The summed E-state index contributed by atoms with van der Waals surface area (Å²) >= 11 is 0. The van der Waals surface area contributed by atoms with Crippen LogP contribution in [0.1, 0.15) is 143 Å². The van der Waals surface area contributed by atoms with Gasteiger partial charge in [-0.05, 0) is 70.8 Å². The molecule has 0 radical (unpaired) electrons. The van der Waals surface area contributed by atoms with E-state index >= 15 is 0 Å². The molecule has 0 aromatic heterocycles. The molecule has 1 aromatic carbocycles. The molecule has 0 aliphatic heterocycles. The number of aliphatic carboxylic acids is 1. The Balaban J connectivity index is 2.14. The van der Waals surface area contributed by atoms with Gasteiger partial charge in [-0.15, -0.1) is 0 Å². The van der Waals surface area contributed by atoms with Crippen LogP contribution >= 0.6 is 0 Å². The van der Waals surface area contributed by atoms with Gasteiger partial charge < -0.3 is 29.4 Å². The molecule has 1 fully saturated rings. The van der Waals surface area contributed by atoms with E-state index in [0.29, 0.717) is 25.7 Å². The van der Waals surface area contributed by atoms with Crippen molar-refractivity contribution in [1.82, 2.24) is 5.32 Å². The number of amides is 1. The van der Waals surface area contributed by atoms with Gasteiger partial charge in [0.25, 0.3) is 0 Å². The van der Waals surface area contributed by atoms with Gasteiger partial charge in [0.05, 0.1) is 13.0 Å². The molecule has 0 spiro atoms. The standard InChI is InChI=1S/C38H61NO9/c1-28(2)20-14-10-8-6-7-9-11-17-25-31(26-32(40)41)47-35(42)33(39-37(44)48-38(3,4)5)34(45-27-29-21-15-12-16-22-29)36(43)46-30-23-18-13-19-24-30/h12,15-16,21-22,28,30-31,33-34H,6-11,13-14,17-20,23-27H2,1-5H3,(H,39,44)(H,40,41)/t31-,33+,34+/m1/s1. The van der Waals surface area contributed by atoms with Crippen LogP contribution in [-0.4, -0.2) is 59.1 Å². The first-order valence-electron chi connectivity index (χ1n) is 18.1. The fourth-order valence-electron chi connectivity index (χ4n) is 5.79. The molecule has 1 amide bonds. The van der Waals surface area contributed by atoms with Gasteiger partial charge in [0.1, 0.15) is 17.8 Å². The van der Waals surface area contributed by atoms with Gasteiger partial charge in [-0.3, -0.25) is 4.79 Å². The van der Waals surface area contributed by atoms with Crippen LogP contribution in [0.15, 0.2) is 30.3 Å². The molecule has 10 nitrogen and oxygen atoms in total. The molecule has 0 bridgehead atoms. The highest BCUT2D eigenvalue weighted by molar-refractivity contribution is 5.89. The van der Waals surface area contributed by atoms with E-state index < -0.39 is 54.3 Å². The highest BCUT2D eigenvalue weighted by atomic mass is 16.6. The average Bonchev–Trinajstić information content (AvgIpc) is 3.01. The second-order valence-corrected chi connectivity index (χ2v) is 14.5. The fourth-order valence-corrected chi connectivity index (χ4v) is 5.79. The zero-order valence-corrected chi connectivity index (χ0v) is 30.0. The molecule has 1 aliphatic carbocycles. The highest BCUT2D eigenvalue weighted by Gasteiger charge is 2.41. The summed E-state index contributed by atoms with van der Waals surface area (Å²) in [5, 5.41) is 12.1. The normalized spacial score (nSPS) is 15.7. The fraction of sp³-hybridized carbons (Fsp3) is 0.737. The van der Waals surface area contributed by atoms with Crippen LogP contribution in [0.3, 0.4) is 0 Å². The predicted molar refractivity (Wildman–Crippen MR) is 184 cm³/mol. The Morgan fingerprint density at radius 1 is 0.833 bits per heavy atom. The topological polar surface area (TPSA) is 137 Å². The lowest BCUT2D eigenvalue weighted by Crippen LogP contribution is -2.55. The summed E-state index contributed by atoms with van der Waals surface area (Å²) in [6.07, 6.45) is 10.3. The van der Waals surface area contributed by atoms with Crippen LogP contribution in [0.2, 0.25) is 0 Å². The van der Waals surface area contributed by atoms with Crippen molar-refractivity contribution in [3.8, 4) is 0 Å². The van der Waals surface area contributed by atoms with Crippen LogP contribution in [0.4, 0.5) is 4.79 Å². The number of carbonyl (C=O) groups is 4. The Morgan fingerprint density at radius 3 is 1.98 bits per heavy atom. The van der Waals surface area contributed by atoms with Crippen molar-refractivity contribution in [1.29, 1.82) is 0 Å². The number of alkyl carbamates (subject to hydrolysis) is 1. The number of benzene rings is 1. The molecular formula is C38H61NO9. The maximum atomic E-state index is 13.8. The van der Waals surface area contributed by atoms with Crippen LogP contribution < -0.4 is 5.32 Å². The van der Waals surface area contributed by atoms with Gasteiger partial charge in [-0.1, -0.05) is 102 Å². The first-order chi connectivity index (χ1) is 22.8. The van der Waals surface area contributed by atoms with Crippen molar-refractivity contribution in [2.45, 2.75) is 174 Å². The molecule has 1 saturated carbocycles. The second kappa shape index (κ2) is 22.5. The molecule has 2 rings (SSSR count). The lowest BCUT2D eigenvalue weighted by atomic mass is 9.97. The van der Waals surface area contributed by atoms with Gasteiger partial charge in [0, 0.05) is 0 Å².